The van der Waals surface area contributed by atoms with Gasteiger partial charge in [0.15, 0.2) is 5.65 Å². The molecule has 19 heavy (non-hydrogen) atoms. The maximum absolute atomic E-state index is 13.7. The molecule has 0 unspecified atom stereocenters. The maximum Gasteiger partial charge on any atom is 0.362 e. The average molecular weight is 334 g/mol. The summed E-state index contributed by atoms with van der Waals surface area (Å²) in [6.07, 6.45) is -2.18. The molecule has 2 aromatic rings. The standard InChI is InChI=1S/C12H14BrF2N3O/c1-8(2)7-19-12(14,15)5-11-17-16-10-4-3-9(13)6-18(10)11/h3-4,6,8H,5,7H2,1-2H3. The molecule has 0 N–H and O–H groups in total. The molecule has 0 saturated carbocycles. The van der Waals surface area contributed by atoms with E-state index in [0.717, 1.165) is 4.47 Å². The quantitative estimate of drug-likeness (QED) is 0.842. The monoisotopic (exact) mass is 333 g/mol. The Morgan fingerprint density at radius 3 is 2.79 bits per heavy atom. The molecule has 0 atom stereocenters. The summed E-state index contributed by atoms with van der Waals surface area (Å²) in [6, 6.07) is 3.48. The number of hydrogen-bond donors (Lipinski definition) is 0. The van der Waals surface area contributed by atoms with Gasteiger partial charge in [-0.2, -0.15) is 8.78 Å². The number of hydrogen-bond acceptors (Lipinski definition) is 3. The van der Waals surface area contributed by atoms with Crippen molar-refractivity contribution in [3.8, 4) is 0 Å². The fourth-order valence-corrected chi connectivity index (χ4v) is 1.89. The molecule has 0 fully saturated rings. The van der Waals surface area contributed by atoms with E-state index in [9.17, 15) is 8.78 Å². The minimum atomic E-state index is -3.24. The predicted octanol–water partition coefficient (Wildman–Crippen LogP) is 3.30. The molecule has 0 saturated heterocycles. The van der Waals surface area contributed by atoms with Gasteiger partial charge in [0.05, 0.1) is 13.0 Å². The van der Waals surface area contributed by atoms with Crippen LogP contribution >= 0.6 is 15.9 Å². The van der Waals surface area contributed by atoms with Crippen LogP contribution in [0.5, 0.6) is 0 Å². The van der Waals surface area contributed by atoms with E-state index in [2.05, 4.69) is 30.9 Å². The Morgan fingerprint density at radius 1 is 1.37 bits per heavy atom. The number of fused-ring (bicyclic) bond motifs is 1. The van der Waals surface area contributed by atoms with Crippen LogP contribution in [0.15, 0.2) is 22.8 Å². The van der Waals surface area contributed by atoms with Crippen molar-refractivity contribution >= 4 is 21.6 Å². The Bertz CT molecular complexity index is 571. The zero-order chi connectivity index (χ0) is 14.0. The average Bonchev–Trinajstić information content (AvgIpc) is 2.69. The van der Waals surface area contributed by atoms with Gasteiger partial charge in [0.1, 0.15) is 5.82 Å². The second-order valence-electron chi connectivity index (χ2n) is 4.71. The normalized spacial score (nSPS) is 12.5. The summed E-state index contributed by atoms with van der Waals surface area (Å²) < 4.78 is 34.2. The first kappa shape index (κ1) is 14.3. The second-order valence-corrected chi connectivity index (χ2v) is 5.63. The first-order valence-corrected chi connectivity index (χ1v) is 6.67. The van der Waals surface area contributed by atoms with Gasteiger partial charge in [0, 0.05) is 10.7 Å². The smallest absolute Gasteiger partial charge is 0.320 e. The van der Waals surface area contributed by atoms with Crippen LogP contribution < -0.4 is 0 Å². The van der Waals surface area contributed by atoms with Crippen LogP contribution in [0, 0.1) is 5.92 Å². The van der Waals surface area contributed by atoms with Crippen molar-refractivity contribution in [2.75, 3.05) is 6.61 Å². The van der Waals surface area contributed by atoms with E-state index >= 15 is 0 Å². The summed E-state index contributed by atoms with van der Waals surface area (Å²) in [5, 5.41) is 7.62. The van der Waals surface area contributed by atoms with Crippen molar-refractivity contribution in [1.29, 1.82) is 0 Å². The highest BCUT2D eigenvalue weighted by Crippen LogP contribution is 2.22. The Kier molecular flexibility index (Phi) is 4.15. The van der Waals surface area contributed by atoms with Crippen molar-refractivity contribution in [3.05, 3.63) is 28.6 Å². The van der Waals surface area contributed by atoms with E-state index in [4.69, 9.17) is 0 Å². The summed E-state index contributed by atoms with van der Waals surface area (Å²) in [4.78, 5) is 0. The number of ether oxygens (including phenoxy) is 1. The number of alkyl halides is 2. The summed E-state index contributed by atoms with van der Waals surface area (Å²) in [5.74, 6) is 0.222. The van der Waals surface area contributed by atoms with E-state index < -0.39 is 12.5 Å². The third-order valence-corrected chi connectivity index (χ3v) is 2.90. The predicted molar refractivity (Wildman–Crippen MR) is 70.1 cm³/mol. The first-order chi connectivity index (χ1) is 8.87. The Morgan fingerprint density at radius 2 is 2.11 bits per heavy atom. The Balaban J connectivity index is 2.18. The van der Waals surface area contributed by atoms with Crippen LogP contribution in [0.25, 0.3) is 5.65 Å². The lowest BCUT2D eigenvalue weighted by Crippen LogP contribution is -2.27. The van der Waals surface area contributed by atoms with Gasteiger partial charge in [-0.1, -0.05) is 13.8 Å². The molecule has 0 spiro atoms. The van der Waals surface area contributed by atoms with E-state index in [1.54, 1.807) is 18.3 Å². The third-order valence-electron chi connectivity index (χ3n) is 2.43. The van der Waals surface area contributed by atoms with Crippen molar-refractivity contribution in [3.63, 3.8) is 0 Å². The molecule has 0 aliphatic rings. The van der Waals surface area contributed by atoms with Gasteiger partial charge in [-0.25, -0.2) is 0 Å². The van der Waals surface area contributed by atoms with Crippen LogP contribution in [-0.4, -0.2) is 27.3 Å². The summed E-state index contributed by atoms with van der Waals surface area (Å²) >= 11 is 3.29. The topological polar surface area (TPSA) is 39.4 Å². The maximum atomic E-state index is 13.7. The van der Waals surface area contributed by atoms with E-state index in [-0.39, 0.29) is 18.3 Å². The fraction of sp³-hybridized carbons (Fsp3) is 0.500. The van der Waals surface area contributed by atoms with Crippen LogP contribution in [0.2, 0.25) is 0 Å². The lowest BCUT2D eigenvalue weighted by atomic mass is 10.2. The van der Waals surface area contributed by atoms with Crippen LogP contribution in [0.4, 0.5) is 8.78 Å². The van der Waals surface area contributed by atoms with Gasteiger partial charge >= 0.3 is 6.11 Å². The number of aromatic nitrogens is 3. The van der Waals surface area contributed by atoms with Gasteiger partial charge in [0.2, 0.25) is 0 Å². The second kappa shape index (κ2) is 5.50. The number of nitrogens with zero attached hydrogens (tertiary/aromatic N) is 3. The van der Waals surface area contributed by atoms with Gasteiger partial charge in [0.25, 0.3) is 0 Å². The van der Waals surface area contributed by atoms with Crippen LogP contribution in [-0.2, 0) is 11.2 Å². The first-order valence-electron chi connectivity index (χ1n) is 5.88. The summed E-state index contributed by atoms with van der Waals surface area (Å²) in [6.45, 7) is 3.65. The molecule has 0 amide bonds. The zero-order valence-corrected chi connectivity index (χ0v) is 12.2. The third kappa shape index (κ3) is 3.70. The molecule has 104 valence electrons. The zero-order valence-electron chi connectivity index (χ0n) is 10.6. The van der Waals surface area contributed by atoms with Crippen molar-refractivity contribution in [1.82, 2.24) is 14.6 Å². The van der Waals surface area contributed by atoms with E-state index in [1.807, 2.05) is 13.8 Å². The van der Waals surface area contributed by atoms with E-state index in [0.29, 0.717) is 5.65 Å². The molecule has 0 radical (unpaired) electrons. The molecular weight excluding hydrogens is 320 g/mol. The minimum absolute atomic E-state index is 0.00737. The van der Waals surface area contributed by atoms with Gasteiger partial charge in [-0.3, -0.25) is 4.40 Å². The minimum Gasteiger partial charge on any atom is -0.320 e. The molecular formula is C12H14BrF2N3O. The van der Waals surface area contributed by atoms with Crippen molar-refractivity contribution < 1.29 is 13.5 Å². The van der Waals surface area contributed by atoms with E-state index in [1.165, 1.54) is 4.40 Å². The van der Waals surface area contributed by atoms with Crippen LogP contribution in [0.3, 0.4) is 0 Å². The highest BCUT2D eigenvalue weighted by Gasteiger charge is 2.33. The molecule has 0 aromatic carbocycles. The molecule has 2 rings (SSSR count). The van der Waals surface area contributed by atoms with Gasteiger partial charge < -0.3 is 4.74 Å². The number of rotatable bonds is 5. The van der Waals surface area contributed by atoms with Crippen molar-refractivity contribution in [2.24, 2.45) is 5.92 Å². The summed E-state index contributed by atoms with van der Waals surface area (Å²) in [5.41, 5.74) is 0.526. The fourth-order valence-electron chi connectivity index (χ4n) is 1.56. The van der Waals surface area contributed by atoms with Gasteiger partial charge in [-0.05, 0) is 34.0 Å². The van der Waals surface area contributed by atoms with Crippen molar-refractivity contribution in [2.45, 2.75) is 26.4 Å². The molecule has 0 aliphatic carbocycles. The van der Waals surface area contributed by atoms with Crippen LogP contribution in [0.1, 0.15) is 19.7 Å². The van der Waals surface area contributed by atoms with Gasteiger partial charge in [-0.15, -0.1) is 10.2 Å². The number of halogens is 3. The molecule has 0 aliphatic heterocycles. The molecule has 2 heterocycles. The highest BCUT2D eigenvalue weighted by atomic mass is 79.9. The molecule has 2 aromatic heterocycles. The molecule has 7 heteroatoms. The SMILES string of the molecule is CC(C)COC(F)(F)Cc1nnc2ccc(Br)cn12. The summed E-state index contributed by atoms with van der Waals surface area (Å²) in [7, 11) is 0. The molecule has 0 bridgehead atoms. The number of pyridine rings is 1. The Labute approximate surface area is 117 Å². The lowest BCUT2D eigenvalue weighted by Gasteiger charge is -2.17. The largest absolute Gasteiger partial charge is 0.362 e. The Hall–Kier alpha value is -1.08. The highest BCUT2D eigenvalue weighted by molar-refractivity contribution is 9.10. The lowest BCUT2D eigenvalue weighted by molar-refractivity contribution is -0.242. The molecule has 4 nitrogen and oxygen atoms in total.